The molecule has 1 unspecified atom stereocenters. The van der Waals surface area contributed by atoms with Crippen LogP contribution in [0.5, 0.6) is 0 Å². The third-order valence-corrected chi connectivity index (χ3v) is 3.51. The molecule has 0 aliphatic carbocycles. The van der Waals surface area contributed by atoms with Crippen molar-refractivity contribution in [3.05, 3.63) is 24.5 Å². The molecule has 1 saturated heterocycles. The van der Waals surface area contributed by atoms with Crippen molar-refractivity contribution in [2.24, 2.45) is 0 Å². The van der Waals surface area contributed by atoms with Gasteiger partial charge in [0.1, 0.15) is 11.9 Å². The summed E-state index contributed by atoms with van der Waals surface area (Å²) in [6, 6.07) is 3.51. The Kier molecular flexibility index (Phi) is 3.06. The summed E-state index contributed by atoms with van der Waals surface area (Å²) in [4.78, 5) is 18.4. The van der Waals surface area contributed by atoms with Crippen LogP contribution in [0.15, 0.2) is 24.5 Å². The number of hydrogen-bond acceptors (Lipinski definition) is 5. The number of nitrogens with zero attached hydrogens (tertiary/aromatic N) is 4. The molecule has 1 aliphatic heterocycles. The van der Waals surface area contributed by atoms with Crippen molar-refractivity contribution in [1.82, 2.24) is 14.6 Å². The number of methoxy groups -OCH3 is 1. The van der Waals surface area contributed by atoms with Gasteiger partial charge in [-0.25, -0.2) is 14.3 Å². The van der Waals surface area contributed by atoms with Gasteiger partial charge in [-0.15, -0.1) is 0 Å². The predicted octanol–water partition coefficient (Wildman–Crippen LogP) is 1.26. The maximum absolute atomic E-state index is 11.9. The summed E-state index contributed by atoms with van der Waals surface area (Å²) in [6.07, 6.45) is 6.50. The highest BCUT2D eigenvalue weighted by molar-refractivity contribution is 5.79. The quantitative estimate of drug-likeness (QED) is 0.761. The molecule has 0 aromatic carbocycles. The van der Waals surface area contributed by atoms with E-state index in [1.54, 1.807) is 10.7 Å². The van der Waals surface area contributed by atoms with E-state index in [0.29, 0.717) is 0 Å². The largest absolute Gasteiger partial charge is 0.467 e. The van der Waals surface area contributed by atoms with Gasteiger partial charge in [0.2, 0.25) is 0 Å². The van der Waals surface area contributed by atoms with Gasteiger partial charge in [-0.3, -0.25) is 0 Å². The number of ether oxygens (including phenoxy) is 1. The van der Waals surface area contributed by atoms with Crippen molar-refractivity contribution in [3.8, 4) is 0 Å². The van der Waals surface area contributed by atoms with Gasteiger partial charge in [-0.1, -0.05) is 0 Å². The molecule has 1 fully saturated rings. The molecular formula is C13H16N4O2. The number of anilines is 1. The Bertz CT molecular complexity index is 595. The third-order valence-electron chi connectivity index (χ3n) is 3.51. The van der Waals surface area contributed by atoms with Crippen molar-refractivity contribution in [3.63, 3.8) is 0 Å². The molecule has 0 bridgehead atoms. The van der Waals surface area contributed by atoms with Gasteiger partial charge in [0.15, 0.2) is 5.65 Å². The van der Waals surface area contributed by atoms with E-state index in [0.717, 1.165) is 37.3 Å². The standard InChI is InChI=1S/C13H16N4O2/c1-19-13(18)10-4-2-3-8-16(10)11-6-9-17-12(15-11)5-7-14-17/h5-7,9-10H,2-4,8H2,1H3. The van der Waals surface area contributed by atoms with E-state index in [4.69, 9.17) is 4.74 Å². The minimum absolute atomic E-state index is 0.185. The molecule has 3 rings (SSSR count). The smallest absolute Gasteiger partial charge is 0.328 e. The molecule has 19 heavy (non-hydrogen) atoms. The molecule has 0 amide bonds. The van der Waals surface area contributed by atoms with Crippen LogP contribution < -0.4 is 4.90 Å². The second kappa shape index (κ2) is 4.87. The van der Waals surface area contributed by atoms with Gasteiger partial charge in [-0.05, 0) is 25.3 Å². The first-order chi connectivity index (χ1) is 9.29. The van der Waals surface area contributed by atoms with Crippen LogP contribution in [0.3, 0.4) is 0 Å². The summed E-state index contributed by atoms with van der Waals surface area (Å²) in [5, 5.41) is 4.12. The number of esters is 1. The molecule has 1 aliphatic rings. The van der Waals surface area contributed by atoms with Crippen LogP contribution in [0.2, 0.25) is 0 Å². The lowest BCUT2D eigenvalue weighted by molar-refractivity contribution is -0.142. The van der Waals surface area contributed by atoms with E-state index in [1.165, 1.54) is 7.11 Å². The average molecular weight is 260 g/mol. The number of aromatic nitrogens is 3. The zero-order valence-electron chi connectivity index (χ0n) is 10.8. The summed E-state index contributed by atoms with van der Waals surface area (Å²) < 4.78 is 6.60. The van der Waals surface area contributed by atoms with Crippen LogP contribution >= 0.6 is 0 Å². The van der Waals surface area contributed by atoms with Crippen LogP contribution in [-0.2, 0) is 9.53 Å². The fourth-order valence-corrected chi connectivity index (χ4v) is 2.55. The number of fused-ring (bicyclic) bond motifs is 1. The molecule has 3 heterocycles. The lowest BCUT2D eigenvalue weighted by atomic mass is 10.0. The highest BCUT2D eigenvalue weighted by Gasteiger charge is 2.30. The van der Waals surface area contributed by atoms with Crippen molar-refractivity contribution < 1.29 is 9.53 Å². The highest BCUT2D eigenvalue weighted by atomic mass is 16.5. The van der Waals surface area contributed by atoms with E-state index in [-0.39, 0.29) is 12.0 Å². The van der Waals surface area contributed by atoms with Gasteiger partial charge in [0.25, 0.3) is 0 Å². The first kappa shape index (κ1) is 12.0. The Hall–Kier alpha value is -2.11. The summed E-state index contributed by atoms with van der Waals surface area (Å²) in [6.45, 7) is 0.830. The zero-order chi connectivity index (χ0) is 13.2. The molecule has 100 valence electrons. The molecule has 0 spiro atoms. The maximum atomic E-state index is 11.9. The van der Waals surface area contributed by atoms with E-state index in [9.17, 15) is 4.79 Å². The normalized spacial score (nSPS) is 19.6. The topological polar surface area (TPSA) is 59.7 Å². The second-order valence-corrected chi connectivity index (χ2v) is 4.65. The first-order valence-corrected chi connectivity index (χ1v) is 6.44. The molecule has 1 atom stereocenters. The number of rotatable bonds is 2. The molecular weight excluding hydrogens is 244 g/mol. The van der Waals surface area contributed by atoms with Gasteiger partial charge in [-0.2, -0.15) is 5.10 Å². The fourth-order valence-electron chi connectivity index (χ4n) is 2.55. The average Bonchev–Trinajstić information content (AvgIpc) is 2.93. The van der Waals surface area contributed by atoms with Crippen molar-refractivity contribution in [2.75, 3.05) is 18.6 Å². The lowest BCUT2D eigenvalue weighted by Gasteiger charge is -2.34. The molecule has 6 heteroatoms. The van der Waals surface area contributed by atoms with E-state index in [1.807, 2.05) is 23.2 Å². The molecule has 0 radical (unpaired) electrons. The van der Waals surface area contributed by atoms with Gasteiger partial charge in [0, 0.05) is 18.8 Å². The van der Waals surface area contributed by atoms with Crippen LogP contribution in [0, 0.1) is 0 Å². The molecule has 6 nitrogen and oxygen atoms in total. The second-order valence-electron chi connectivity index (χ2n) is 4.65. The van der Waals surface area contributed by atoms with Crippen LogP contribution in [-0.4, -0.2) is 40.3 Å². The highest BCUT2D eigenvalue weighted by Crippen LogP contribution is 2.24. The van der Waals surface area contributed by atoms with Crippen molar-refractivity contribution in [1.29, 1.82) is 0 Å². The fraction of sp³-hybridized carbons (Fsp3) is 0.462. The number of piperidine rings is 1. The minimum Gasteiger partial charge on any atom is -0.467 e. The number of carbonyl (C=O) groups excluding carboxylic acids is 1. The van der Waals surface area contributed by atoms with E-state index >= 15 is 0 Å². The molecule has 0 N–H and O–H groups in total. The monoisotopic (exact) mass is 260 g/mol. The van der Waals surface area contributed by atoms with Gasteiger partial charge in [0.05, 0.1) is 13.3 Å². The summed E-state index contributed by atoms with van der Waals surface area (Å²) in [7, 11) is 1.43. The Morgan fingerprint density at radius 2 is 2.32 bits per heavy atom. The Balaban J connectivity index is 1.94. The molecule has 0 saturated carbocycles. The Morgan fingerprint density at radius 1 is 1.42 bits per heavy atom. The summed E-state index contributed by atoms with van der Waals surface area (Å²) in [5.74, 6) is 0.623. The first-order valence-electron chi connectivity index (χ1n) is 6.44. The Morgan fingerprint density at radius 3 is 3.16 bits per heavy atom. The summed E-state index contributed by atoms with van der Waals surface area (Å²) in [5.41, 5.74) is 0.784. The zero-order valence-corrected chi connectivity index (χ0v) is 10.8. The Labute approximate surface area is 111 Å². The van der Waals surface area contributed by atoms with Crippen LogP contribution in [0.4, 0.5) is 5.82 Å². The molecule has 2 aromatic rings. The number of carbonyl (C=O) groups is 1. The maximum Gasteiger partial charge on any atom is 0.328 e. The SMILES string of the molecule is COC(=O)C1CCCCN1c1ccn2nccc2n1. The van der Waals surface area contributed by atoms with Crippen molar-refractivity contribution >= 4 is 17.4 Å². The van der Waals surface area contributed by atoms with Gasteiger partial charge >= 0.3 is 5.97 Å². The third kappa shape index (κ3) is 2.14. The molecule has 2 aromatic heterocycles. The lowest BCUT2D eigenvalue weighted by Crippen LogP contribution is -2.45. The van der Waals surface area contributed by atoms with Gasteiger partial charge < -0.3 is 9.64 Å². The predicted molar refractivity (Wildman–Crippen MR) is 70.0 cm³/mol. The van der Waals surface area contributed by atoms with E-state index < -0.39 is 0 Å². The van der Waals surface area contributed by atoms with Crippen LogP contribution in [0.25, 0.3) is 5.65 Å². The minimum atomic E-state index is -0.225. The van der Waals surface area contributed by atoms with Crippen LogP contribution in [0.1, 0.15) is 19.3 Å². The summed E-state index contributed by atoms with van der Waals surface area (Å²) >= 11 is 0. The number of hydrogen-bond donors (Lipinski definition) is 0. The van der Waals surface area contributed by atoms with Crippen molar-refractivity contribution in [2.45, 2.75) is 25.3 Å². The van der Waals surface area contributed by atoms with E-state index in [2.05, 4.69) is 10.1 Å².